The molecule has 2 aromatic carbocycles. The van der Waals surface area contributed by atoms with E-state index in [1.165, 1.54) is 12.1 Å². The molecule has 2 heterocycles. The first-order valence-electron chi connectivity index (χ1n) is 9.56. The third-order valence-corrected chi connectivity index (χ3v) is 4.90. The number of nitrogens with zero attached hydrogens (tertiary/aromatic N) is 4. The van der Waals surface area contributed by atoms with Crippen LogP contribution >= 0.6 is 0 Å². The highest BCUT2D eigenvalue weighted by atomic mass is 19.1. The summed E-state index contributed by atoms with van der Waals surface area (Å²) in [5, 5.41) is 15.4. The van der Waals surface area contributed by atoms with E-state index in [0.717, 1.165) is 41.0 Å². The molecule has 0 radical (unpaired) electrons. The average Bonchev–Trinajstić information content (AvgIpc) is 3.26. The Morgan fingerprint density at radius 2 is 1.77 bits per heavy atom. The van der Waals surface area contributed by atoms with E-state index in [-0.39, 0.29) is 5.82 Å². The molecule has 0 amide bonds. The van der Waals surface area contributed by atoms with Gasteiger partial charge in [0.05, 0.1) is 14.2 Å². The van der Waals surface area contributed by atoms with E-state index >= 15 is 0 Å². The summed E-state index contributed by atoms with van der Waals surface area (Å²) in [6, 6.07) is 14.3. The van der Waals surface area contributed by atoms with Gasteiger partial charge in [-0.05, 0) is 64.9 Å². The Morgan fingerprint density at radius 3 is 2.53 bits per heavy atom. The molecule has 0 atom stereocenters. The van der Waals surface area contributed by atoms with Gasteiger partial charge in [0.15, 0.2) is 17.1 Å². The number of rotatable bonds is 8. The predicted molar refractivity (Wildman–Crippen MR) is 111 cm³/mol. The van der Waals surface area contributed by atoms with Gasteiger partial charge in [0.25, 0.3) is 0 Å². The van der Waals surface area contributed by atoms with Crippen LogP contribution in [-0.4, -0.2) is 40.8 Å². The highest BCUT2D eigenvalue weighted by molar-refractivity contribution is 5.66. The topological polar surface area (TPSA) is 73.6 Å². The molecule has 1 N–H and O–H groups in total. The van der Waals surface area contributed by atoms with Crippen molar-refractivity contribution in [3.8, 4) is 22.6 Å². The van der Waals surface area contributed by atoms with Crippen molar-refractivity contribution in [3.63, 3.8) is 0 Å². The first kappa shape index (κ1) is 19.8. The Kier molecular flexibility index (Phi) is 5.85. The molecule has 4 rings (SSSR count). The van der Waals surface area contributed by atoms with E-state index in [4.69, 9.17) is 9.47 Å². The molecular formula is C22H22FN5O2. The lowest BCUT2D eigenvalue weighted by molar-refractivity contribution is 0.354. The normalized spacial score (nSPS) is 11.0. The monoisotopic (exact) mass is 407 g/mol. The van der Waals surface area contributed by atoms with Gasteiger partial charge in [0.2, 0.25) is 0 Å². The van der Waals surface area contributed by atoms with E-state index in [0.29, 0.717) is 17.9 Å². The second-order valence-corrected chi connectivity index (χ2v) is 6.82. The Morgan fingerprint density at radius 1 is 0.967 bits per heavy atom. The van der Waals surface area contributed by atoms with Crippen molar-refractivity contribution in [3.05, 3.63) is 71.7 Å². The highest BCUT2D eigenvalue weighted by Gasteiger charge is 2.10. The van der Waals surface area contributed by atoms with Crippen molar-refractivity contribution in [2.75, 3.05) is 20.8 Å². The smallest absolute Gasteiger partial charge is 0.183 e. The summed E-state index contributed by atoms with van der Waals surface area (Å²) in [5.74, 6) is 1.17. The molecule has 2 aromatic heterocycles. The number of fused-ring (bicyclic) bond motifs is 1. The molecule has 4 aromatic rings. The number of tetrazole rings is 1. The van der Waals surface area contributed by atoms with Gasteiger partial charge in [-0.15, -0.1) is 5.10 Å². The van der Waals surface area contributed by atoms with Crippen LogP contribution in [0.3, 0.4) is 0 Å². The molecule has 30 heavy (non-hydrogen) atoms. The number of hydrogen-bond donors (Lipinski definition) is 1. The van der Waals surface area contributed by atoms with Crippen molar-refractivity contribution in [1.82, 2.24) is 25.4 Å². The van der Waals surface area contributed by atoms with Gasteiger partial charge in [-0.1, -0.05) is 18.2 Å². The lowest BCUT2D eigenvalue weighted by Crippen LogP contribution is -2.17. The third kappa shape index (κ3) is 4.23. The lowest BCUT2D eigenvalue weighted by Gasteiger charge is -2.11. The highest BCUT2D eigenvalue weighted by Crippen LogP contribution is 2.27. The van der Waals surface area contributed by atoms with Crippen LogP contribution in [0.2, 0.25) is 0 Å². The number of pyridine rings is 1. The largest absolute Gasteiger partial charge is 0.493 e. The fraction of sp³-hybridized carbons (Fsp3) is 0.227. The SMILES string of the molecule is COc1ccc(CCNCc2cc(-c3ccc(F)cc3)cn3nnnc23)cc1OC. The number of halogens is 1. The molecule has 0 aliphatic heterocycles. The van der Waals surface area contributed by atoms with Crippen LogP contribution in [0.25, 0.3) is 16.8 Å². The summed E-state index contributed by atoms with van der Waals surface area (Å²) in [4.78, 5) is 0. The zero-order valence-electron chi connectivity index (χ0n) is 16.8. The molecular weight excluding hydrogens is 385 g/mol. The minimum atomic E-state index is -0.265. The van der Waals surface area contributed by atoms with Gasteiger partial charge >= 0.3 is 0 Å². The van der Waals surface area contributed by atoms with Crippen LogP contribution in [0.5, 0.6) is 11.5 Å². The van der Waals surface area contributed by atoms with Gasteiger partial charge in [-0.2, -0.15) is 4.52 Å². The summed E-state index contributed by atoms with van der Waals surface area (Å²) in [6.45, 7) is 1.37. The predicted octanol–water partition coefficient (Wildman–Crippen LogP) is 3.28. The van der Waals surface area contributed by atoms with E-state index in [1.54, 1.807) is 30.9 Å². The summed E-state index contributed by atoms with van der Waals surface area (Å²) in [6.07, 6.45) is 2.68. The zero-order chi connectivity index (χ0) is 20.9. The van der Waals surface area contributed by atoms with E-state index in [9.17, 15) is 4.39 Å². The van der Waals surface area contributed by atoms with Crippen molar-refractivity contribution in [2.45, 2.75) is 13.0 Å². The van der Waals surface area contributed by atoms with Crippen LogP contribution in [0, 0.1) is 5.82 Å². The quantitative estimate of drug-likeness (QED) is 0.452. The van der Waals surface area contributed by atoms with Crippen molar-refractivity contribution in [1.29, 1.82) is 0 Å². The standard InChI is InChI=1S/C22H22FN5O2/c1-29-20-8-3-15(11-21(20)30-2)9-10-24-13-17-12-18(14-28-22(17)25-26-27-28)16-4-6-19(23)7-5-16/h3-8,11-12,14,24H,9-10,13H2,1-2H3. The van der Waals surface area contributed by atoms with Crippen molar-refractivity contribution in [2.24, 2.45) is 0 Å². The van der Waals surface area contributed by atoms with Crippen LogP contribution in [0.1, 0.15) is 11.1 Å². The van der Waals surface area contributed by atoms with E-state index in [2.05, 4.69) is 20.8 Å². The van der Waals surface area contributed by atoms with Crippen molar-refractivity contribution >= 4 is 5.65 Å². The second-order valence-electron chi connectivity index (χ2n) is 6.82. The summed E-state index contributed by atoms with van der Waals surface area (Å²) in [7, 11) is 3.26. The molecule has 0 saturated heterocycles. The Balaban J connectivity index is 1.46. The first-order chi connectivity index (χ1) is 14.7. The van der Waals surface area contributed by atoms with E-state index in [1.807, 2.05) is 30.5 Å². The van der Waals surface area contributed by atoms with Crippen LogP contribution in [0.15, 0.2) is 54.7 Å². The van der Waals surface area contributed by atoms with Gasteiger partial charge in [0.1, 0.15) is 5.82 Å². The van der Waals surface area contributed by atoms with Gasteiger partial charge in [0, 0.05) is 23.9 Å². The molecule has 0 fully saturated rings. The molecule has 0 bridgehead atoms. The zero-order valence-corrected chi connectivity index (χ0v) is 16.8. The Labute approximate surface area is 173 Å². The maximum Gasteiger partial charge on any atom is 0.183 e. The van der Waals surface area contributed by atoms with Gasteiger partial charge < -0.3 is 14.8 Å². The average molecular weight is 407 g/mol. The molecule has 8 heteroatoms. The lowest BCUT2D eigenvalue weighted by atomic mass is 10.1. The first-order valence-corrected chi connectivity index (χ1v) is 9.56. The van der Waals surface area contributed by atoms with E-state index < -0.39 is 0 Å². The second kappa shape index (κ2) is 8.87. The maximum atomic E-state index is 13.3. The molecule has 154 valence electrons. The summed E-state index contributed by atoms with van der Waals surface area (Å²) >= 11 is 0. The molecule has 0 aliphatic carbocycles. The van der Waals surface area contributed by atoms with Crippen LogP contribution < -0.4 is 14.8 Å². The minimum Gasteiger partial charge on any atom is -0.493 e. The number of hydrogen-bond acceptors (Lipinski definition) is 6. The Hall–Kier alpha value is -3.52. The fourth-order valence-corrected chi connectivity index (χ4v) is 3.34. The summed E-state index contributed by atoms with van der Waals surface area (Å²) < 4.78 is 25.5. The van der Waals surface area contributed by atoms with Crippen molar-refractivity contribution < 1.29 is 13.9 Å². The van der Waals surface area contributed by atoms with Crippen LogP contribution in [-0.2, 0) is 13.0 Å². The summed E-state index contributed by atoms with van der Waals surface area (Å²) in [5.41, 5.74) is 4.63. The van der Waals surface area contributed by atoms with Gasteiger partial charge in [-0.3, -0.25) is 0 Å². The molecule has 7 nitrogen and oxygen atoms in total. The maximum absolute atomic E-state index is 13.3. The minimum absolute atomic E-state index is 0.265. The molecule has 0 spiro atoms. The fourth-order valence-electron chi connectivity index (χ4n) is 3.34. The van der Waals surface area contributed by atoms with Crippen LogP contribution in [0.4, 0.5) is 4.39 Å². The molecule has 0 unspecified atom stereocenters. The number of methoxy groups -OCH3 is 2. The molecule has 0 aliphatic rings. The third-order valence-electron chi connectivity index (χ3n) is 4.90. The number of benzene rings is 2. The van der Waals surface area contributed by atoms with Gasteiger partial charge in [-0.25, -0.2) is 4.39 Å². The Bertz CT molecular complexity index is 1140. The number of aromatic nitrogens is 4. The number of ether oxygens (including phenoxy) is 2. The number of nitrogens with one attached hydrogen (secondary N) is 1. The molecule has 0 saturated carbocycles.